The van der Waals surface area contributed by atoms with E-state index in [1.807, 2.05) is 64.1 Å². The Morgan fingerprint density at radius 3 is 1.37 bits per heavy atom. The number of aryl methyl sites for hydroxylation is 2. The third-order valence-electron chi connectivity index (χ3n) is 4.58. The predicted octanol–water partition coefficient (Wildman–Crippen LogP) is -2.32. The Bertz CT molecular complexity index is 760. The van der Waals surface area contributed by atoms with Gasteiger partial charge in [-0.25, -0.2) is 0 Å². The smallest absolute Gasteiger partial charge is 1.00 e. The molecule has 2 amide bonds. The van der Waals surface area contributed by atoms with Crippen LogP contribution < -0.4 is 24.8 Å². The molecule has 0 saturated heterocycles. The fourth-order valence-corrected chi connectivity index (χ4v) is 4.01. The van der Waals surface area contributed by atoms with Gasteiger partial charge in [0.05, 0.1) is 0 Å². The molecule has 2 aromatic carbocycles. The van der Waals surface area contributed by atoms with Gasteiger partial charge in [0.25, 0.3) is 0 Å². The minimum atomic E-state index is -1.07. The molecule has 144 valence electrons. The van der Waals surface area contributed by atoms with Crippen LogP contribution in [0.15, 0.2) is 36.4 Å². The van der Waals surface area contributed by atoms with Gasteiger partial charge in [0, 0.05) is 0 Å². The van der Waals surface area contributed by atoms with E-state index in [9.17, 15) is 9.59 Å². The molecule has 0 bridgehead atoms. The standard InChI is InChI=1S/2C10H13NO.2ClH.Ti/c2*1-7-5-4-6-9(8(7)2)10(12)11-3;;;/h2*4-6H,1-3H3,(H,11,12);2*1H;/q;;;;+4/p-4. The number of benzene rings is 2. The van der Waals surface area contributed by atoms with Crippen molar-refractivity contribution in [3.8, 4) is 0 Å². The maximum atomic E-state index is 12.8. The number of amides is 2. The molecule has 0 aliphatic carbocycles. The summed E-state index contributed by atoms with van der Waals surface area (Å²) in [5, 5.41) is 0. The molecule has 0 N–H and O–H groups in total. The third kappa shape index (κ3) is 5.82. The van der Waals surface area contributed by atoms with E-state index in [1.54, 1.807) is 20.9 Å². The topological polar surface area (TPSA) is 40.6 Å². The van der Waals surface area contributed by atoms with E-state index in [1.165, 1.54) is 0 Å². The Balaban J connectivity index is 0.00000338. The van der Waals surface area contributed by atoms with Crippen molar-refractivity contribution in [2.75, 3.05) is 14.1 Å². The number of hydrogen-bond donors (Lipinski definition) is 0. The average molecular weight is 443 g/mol. The first kappa shape index (κ1) is 25.7. The molecular formula is C20H24Cl2N2O2Ti. The number of rotatable bonds is 4. The maximum absolute atomic E-state index is 12.8. The maximum Gasteiger partial charge on any atom is -1.00 e. The molecule has 4 nitrogen and oxygen atoms in total. The van der Waals surface area contributed by atoms with Crippen molar-refractivity contribution in [3.05, 3.63) is 69.8 Å². The second-order valence-corrected chi connectivity index (χ2v) is 8.73. The summed E-state index contributed by atoms with van der Waals surface area (Å²) < 4.78 is 3.40. The van der Waals surface area contributed by atoms with Crippen molar-refractivity contribution in [1.29, 1.82) is 0 Å². The van der Waals surface area contributed by atoms with Gasteiger partial charge < -0.3 is 24.8 Å². The molecule has 27 heavy (non-hydrogen) atoms. The van der Waals surface area contributed by atoms with Crippen LogP contribution in [-0.4, -0.2) is 32.7 Å². The summed E-state index contributed by atoms with van der Waals surface area (Å²) in [6, 6.07) is 11.5. The molecule has 0 aliphatic rings. The second-order valence-electron chi connectivity index (χ2n) is 6.32. The molecule has 0 saturated carbocycles. The van der Waals surface area contributed by atoms with Gasteiger partial charge in [0.1, 0.15) is 0 Å². The van der Waals surface area contributed by atoms with Crippen LogP contribution in [0.2, 0.25) is 0 Å². The molecule has 0 spiro atoms. The first-order valence-electron chi connectivity index (χ1n) is 8.19. The molecule has 0 atom stereocenters. The Hall–Kier alpha value is -1.33. The predicted molar refractivity (Wildman–Crippen MR) is 96.0 cm³/mol. The Kier molecular flexibility index (Phi) is 10.3. The van der Waals surface area contributed by atoms with Crippen LogP contribution in [0.5, 0.6) is 0 Å². The quantitative estimate of drug-likeness (QED) is 0.499. The fraction of sp³-hybridized carbons (Fsp3) is 0.300. The SMILES string of the molecule is Cc1cccc(C(=O)[N](C)[Ti+2][N](C)C(=O)c2cccc(C)c2C)c1C.[Cl-].[Cl-]. The van der Waals surface area contributed by atoms with Crippen LogP contribution in [0.1, 0.15) is 43.0 Å². The van der Waals surface area contributed by atoms with Gasteiger partial charge in [-0.3, -0.25) is 0 Å². The Morgan fingerprint density at radius 2 is 1.04 bits per heavy atom. The number of hydrogen-bond acceptors (Lipinski definition) is 2. The molecular weight excluding hydrogens is 419 g/mol. The second kappa shape index (κ2) is 10.9. The molecule has 2 rings (SSSR count). The minimum Gasteiger partial charge on any atom is -1.00 e. The van der Waals surface area contributed by atoms with Gasteiger partial charge in [-0.2, -0.15) is 0 Å². The van der Waals surface area contributed by atoms with Crippen molar-refractivity contribution in [2.24, 2.45) is 0 Å². The van der Waals surface area contributed by atoms with E-state index >= 15 is 0 Å². The molecule has 0 aromatic heterocycles. The van der Waals surface area contributed by atoms with Crippen LogP contribution in [0.25, 0.3) is 0 Å². The summed E-state index contributed by atoms with van der Waals surface area (Å²) in [5.74, 6) is -0.0522. The van der Waals surface area contributed by atoms with E-state index in [0.717, 1.165) is 22.3 Å². The van der Waals surface area contributed by atoms with Crippen molar-refractivity contribution in [1.82, 2.24) is 6.76 Å². The molecule has 2 aromatic rings. The number of carbonyl (C=O) groups is 2. The fourth-order valence-electron chi connectivity index (χ4n) is 2.64. The van der Waals surface area contributed by atoms with Crippen LogP contribution >= 0.6 is 0 Å². The molecule has 0 aliphatic heterocycles. The first-order chi connectivity index (χ1) is 11.7. The molecule has 0 fully saturated rings. The number of carbonyl (C=O) groups excluding carboxylic acids is 2. The summed E-state index contributed by atoms with van der Waals surface area (Å²) in [7, 11) is 3.55. The molecule has 0 radical (unpaired) electrons. The average Bonchev–Trinajstić information content (AvgIpc) is 2.58. The van der Waals surface area contributed by atoms with E-state index in [-0.39, 0.29) is 36.6 Å². The van der Waals surface area contributed by atoms with Gasteiger partial charge >= 0.3 is 159 Å². The largest absolute Gasteiger partial charge is 1.00 e. The monoisotopic (exact) mass is 442 g/mol. The van der Waals surface area contributed by atoms with E-state index < -0.39 is 19.7 Å². The summed E-state index contributed by atoms with van der Waals surface area (Å²) in [6.07, 6.45) is 0. The zero-order valence-corrected chi connectivity index (χ0v) is 19.5. The number of nitrogens with zero attached hydrogens (tertiary/aromatic N) is 2. The van der Waals surface area contributed by atoms with Gasteiger partial charge in [0.15, 0.2) is 0 Å². The van der Waals surface area contributed by atoms with Gasteiger partial charge in [-0.05, 0) is 0 Å². The van der Waals surface area contributed by atoms with Crippen molar-refractivity contribution in [3.63, 3.8) is 0 Å². The minimum absolute atomic E-state index is 0. The van der Waals surface area contributed by atoms with Gasteiger partial charge in [-0.1, -0.05) is 0 Å². The molecule has 7 heteroatoms. The van der Waals surface area contributed by atoms with E-state index in [0.29, 0.717) is 11.1 Å². The van der Waals surface area contributed by atoms with Crippen molar-refractivity contribution in [2.45, 2.75) is 27.7 Å². The first-order valence-corrected chi connectivity index (χ1v) is 9.58. The molecule has 0 unspecified atom stereocenters. The molecule has 0 heterocycles. The Morgan fingerprint density at radius 1 is 0.704 bits per heavy atom. The normalized spacial score (nSPS) is 9.41. The summed E-state index contributed by atoms with van der Waals surface area (Å²) in [6.45, 7) is 7.92. The van der Waals surface area contributed by atoms with Crippen molar-refractivity contribution >= 4 is 11.8 Å². The van der Waals surface area contributed by atoms with Crippen LogP contribution in [0, 0.1) is 27.7 Å². The van der Waals surface area contributed by atoms with E-state index in [2.05, 4.69) is 0 Å². The van der Waals surface area contributed by atoms with Crippen molar-refractivity contribution < 1.29 is 54.1 Å². The van der Waals surface area contributed by atoms with Crippen LogP contribution in [0.4, 0.5) is 0 Å². The summed E-state index contributed by atoms with van der Waals surface area (Å²) in [5.41, 5.74) is 5.60. The number of halogens is 2. The Labute approximate surface area is 183 Å². The zero-order chi connectivity index (χ0) is 18.7. The van der Waals surface area contributed by atoms with Crippen LogP contribution in [0.3, 0.4) is 0 Å². The third-order valence-corrected chi connectivity index (χ3v) is 6.15. The van der Waals surface area contributed by atoms with Crippen LogP contribution in [-0.2, 0) is 19.7 Å². The van der Waals surface area contributed by atoms with Gasteiger partial charge in [-0.15, -0.1) is 0 Å². The van der Waals surface area contributed by atoms with Gasteiger partial charge in [0.2, 0.25) is 0 Å². The zero-order valence-electron chi connectivity index (χ0n) is 16.4. The van der Waals surface area contributed by atoms with E-state index in [4.69, 9.17) is 0 Å². The summed E-state index contributed by atoms with van der Waals surface area (Å²) in [4.78, 5) is 25.5. The summed E-state index contributed by atoms with van der Waals surface area (Å²) >= 11 is -1.07.